The Kier molecular flexibility index (Phi) is 10.1. The van der Waals surface area contributed by atoms with Crippen molar-refractivity contribution in [2.24, 2.45) is 0 Å². The van der Waals surface area contributed by atoms with Gasteiger partial charge in [0, 0.05) is 44.5 Å². The molecule has 2 aromatic heterocycles. The van der Waals surface area contributed by atoms with Crippen LogP contribution in [0.15, 0.2) is 54.6 Å². The highest BCUT2D eigenvalue weighted by Gasteiger charge is 2.31. The van der Waals surface area contributed by atoms with Crippen molar-refractivity contribution < 1.29 is 45.1 Å². The van der Waals surface area contributed by atoms with Crippen LogP contribution in [0.5, 0.6) is 5.75 Å². The Bertz CT molecular complexity index is 1530. The summed E-state index contributed by atoms with van der Waals surface area (Å²) in [6.45, 7) is 0.117. The van der Waals surface area contributed by atoms with Crippen molar-refractivity contribution in [2.75, 3.05) is 6.54 Å². The van der Waals surface area contributed by atoms with E-state index in [0.717, 1.165) is 35.9 Å². The van der Waals surface area contributed by atoms with Crippen LogP contribution in [0.1, 0.15) is 40.7 Å². The highest BCUT2D eigenvalue weighted by Crippen LogP contribution is 2.25. The molecule has 1 aromatic carbocycles. The lowest BCUT2D eigenvalue weighted by Gasteiger charge is -2.16. The number of halogens is 7. The summed E-state index contributed by atoms with van der Waals surface area (Å²) in [6, 6.07) is 4.96. The van der Waals surface area contributed by atoms with Gasteiger partial charge in [0.2, 0.25) is 0 Å². The molecule has 0 spiro atoms. The van der Waals surface area contributed by atoms with Crippen LogP contribution in [-0.4, -0.2) is 55.9 Å². The molecule has 4 rings (SSSR count). The maximum atomic E-state index is 14.6. The standard InChI is InChI=1S/C26H26F7N9O3/c1-25(29,30)22-5-2-15(9-34-22)10-35-23(43)21-14-42(40-38-21)12-17(27)6-7-41-13-20(37-39-41)24(44)36-11-16-8-18(3-4-19(16)28)45-26(31,32)33/h2-5,8-9,13-14,17,37,39H,6-7,10-12H2,1H3,(H,35,43)(H,36,44). The number of alkyl halides is 6. The van der Waals surface area contributed by atoms with Gasteiger partial charge in [0.25, 0.3) is 17.7 Å². The van der Waals surface area contributed by atoms with E-state index >= 15 is 0 Å². The third kappa shape index (κ3) is 9.78. The van der Waals surface area contributed by atoms with E-state index in [2.05, 4.69) is 41.6 Å². The maximum Gasteiger partial charge on any atom is 0.573 e. The Labute approximate surface area is 250 Å². The van der Waals surface area contributed by atoms with Gasteiger partial charge >= 0.3 is 6.36 Å². The molecule has 242 valence electrons. The Hall–Kier alpha value is -4.94. The predicted octanol–water partition coefficient (Wildman–Crippen LogP) is 2.96. The molecule has 4 N–H and O–H groups in total. The smallest absolute Gasteiger partial charge is 0.406 e. The summed E-state index contributed by atoms with van der Waals surface area (Å²) >= 11 is 0. The van der Waals surface area contributed by atoms with Crippen LogP contribution in [-0.2, 0) is 30.4 Å². The lowest BCUT2D eigenvalue weighted by Crippen LogP contribution is -2.40. The molecule has 0 aliphatic carbocycles. The number of amides is 2. The molecule has 0 radical (unpaired) electrons. The molecular formula is C26H26F7N9O3. The highest BCUT2D eigenvalue weighted by molar-refractivity contribution is 5.93. The first kappa shape index (κ1) is 33.0. The summed E-state index contributed by atoms with van der Waals surface area (Å²) in [7, 11) is 0. The molecule has 2 amide bonds. The first-order chi connectivity index (χ1) is 21.2. The monoisotopic (exact) mass is 645 g/mol. The molecule has 3 aromatic rings. The number of hydrazine groups is 2. The van der Waals surface area contributed by atoms with Crippen molar-refractivity contribution in [2.45, 2.75) is 51.4 Å². The zero-order valence-corrected chi connectivity index (χ0v) is 23.3. The number of carbonyl (C=O) groups is 2. The summed E-state index contributed by atoms with van der Waals surface area (Å²) in [6.07, 6.45) is -2.67. The fourth-order valence-electron chi connectivity index (χ4n) is 3.87. The van der Waals surface area contributed by atoms with Gasteiger partial charge in [0.05, 0.1) is 12.7 Å². The topological polar surface area (TPSA) is 138 Å². The Morgan fingerprint density at radius 3 is 2.51 bits per heavy atom. The molecule has 1 unspecified atom stereocenters. The van der Waals surface area contributed by atoms with Gasteiger partial charge in [-0.3, -0.25) is 25.0 Å². The molecule has 12 nitrogen and oxygen atoms in total. The number of hydrogen-bond acceptors (Lipinski definition) is 9. The van der Waals surface area contributed by atoms with Crippen LogP contribution in [0.2, 0.25) is 0 Å². The third-order valence-corrected chi connectivity index (χ3v) is 6.12. The van der Waals surface area contributed by atoms with Gasteiger partial charge < -0.3 is 15.4 Å². The summed E-state index contributed by atoms with van der Waals surface area (Å²) in [5.41, 5.74) is 4.90. The van der Waals surface area contributed by atoms with Crippen LogP contribution < -0.4 is 26.3 Å². The molecule has 0 saturated heterocycles. The number of rotatable bonds is 13. The fraction of sp³-hybridized carbons (Fsp3) is 0.346. The van der Waals surface area contributed by atoms with E-state index in [1.807, 2.05) is 0 Å². The number of carbonyl (C=O) groups excluding carboxylic acids is 2. The average molecular weight is 646 g/mol. The van der Waals surface area contributed by atoms with Gasteiger partial charge in [-0.15, -0.1) is 23.8 Å². The zero-order chi connectivity index (χ0) is 32.8. The van der Waals surface area contributed by atoms with Crippen LogP contribution in [0, 0.1) is 5.82 Å². The predicted molar refractivity (Wildman–Crippen MR) is 141 cm³/mol. The van der Waals surface area contributed by atoms with Crippen LogP contribution in [0.4, 0.5) is 30.7 Å². The molecule has 3 heterocycles. The van der Waals surface area contributed by atoms with Crippen LogP contribution in [0.3, 0.4) is 0 Å². The molecule has 19 heteroatoms. The van der Waals surface area contributed by atoms with E-state index in [1.165, 1.54) is 29.7 Å². The summed E-state index contributed by atoms with van der Waals surface area (Å²) < 4.78 is 97.3. The van der Waals surface area contributed by atoms with Crippen molar-refractivity contribution in [3.63, 3.8) is 0 Å². The van der Waals surface area contributed by atoms with Crippen LogP contribution in [0.25, 0.3) is 0 Å². The number of hydrogen-bond donors (Lipinski definition) is 4. The Morgan fingerprint density at radius 2 is 1.82 bits per heavy atom. The number of ether oxygens (including phenoxy) is 1. The van der Waals surface area contributed by atoms with Crippen molar-refractivity contribution in [3.8, 4) is 5.75 Å². The van der Waals surface area contributed by atoms with Gasteiger partial charge in [0.1, 0.15) is 29.1 Å². The van der Waals surface area contributed by atoms with Gasteiger partial charge in [-0.05, 0) is 36.2 Å². The van der Waals surface area contributed by atoms with Crippen molar-refractivity contribution in [1.29, 1.82) is 0 Å². The van der Waals surface area contributed by atoms with Crippen molar-refractivity contribution in [1.82, 2.24) is 46.6 Å². The molecule has 0 fully saturated rings. The second kappa shape index (κ2) is 13.8. The average Bonchev–Trinajstić information content (AvgIpc) is 3.64. The molecule has 0 saturated carbocycles. The highest BCUT2D eigenvalue weighted by atomic mass is 19.4. The van der Waals surface area contributed by atoms with E-state index in [1.54, 1.807) is 0 Å². The number of nitrogens with zero attached hydrogens (tertiary/aromatic N) is 5. The lowest BCUT2D eigenvalue weighted by molar-refractivity contribution is -0.274. The van der Waals surface area contributed by atoms with Gasteiger partial charge in [-0.2, -0.15) is 8.78 Å². The minimum absolute atomic E-state index is 0.00854. The largest absolute Gasteiger partial charge is 0.573 e. The maximum absolute atomic E-state index is 14.6. The Morgan fingerprint density at radius 1 is 1.07 bits per heavy atom. The minimum Gasteiger partial charge on any atom is -0.406 e. The molecule has 1 atom stereocenters. The summed E-state index contributed by atoms with van der Waals surface area (Å²) in [5.74, 6) is -5.91. The summed E-state index contributed by atoms with van der Waals surface area (Å²) in [4.78, 5) is 28.4. The van der Waals surface area contributed by atoms with E-state index in [0.29, 0.717) is 5.56 Å². The van der Waals surface area contributed by atoms with Gasteiger partial charge in [-0.1, -0.05) is 11.3 Å². The first-order valence-corrected chi connectivity index (χ1v) is 13.1. The van der Waals surface area contributed by atoms with E-state index in [9.17, 15) is 40.3 Å². The van der Waals surface area contributed by atoms with Crippen LogP contribution >= 0.6 is 0 Å². The molecule has 0 bridgehead atoms. The molecule has 1 aliphatic heterocycles. The SMILES string of the molecule is CC(F)(F)c1ccc(CNC(=O)c2cn(CC(F)CCN3C=C(C(=O)NCc4cc(OC(F)(F)F)ccc4F)NN3)nn2)cn1. The van der Waals surface area contributed by atoms with E-state index in [4.69, 9.17) is 0 Å². The van der Waals surface area contributed by atoms with Gasteiger partial charge in [-0.25, -0.2) is 13.5 Å². The quantitative estimate of drug-likeness (QED) is 0.207. The summed E-state index contributed by atoms with van der Waals surface area (Å²) in [5, 5.41) is 13.7. The fourth-order valence-corrected chi connectivity index (χ4v) is 3.87. The number of benzene rings is 1. The third-order valence-electron chi connectivity index (χ3n) is 6.12. The molecular weight excluding hydrogens is 619 g/mol. The number of aromatic nitrogens is 4. The second-order valence-corrected chi connectivity index (χ2v) is 9.79. The zero-order valence-electron chi connectivity index (χ0n) is 23.3. The number of pyridine rings is 1. The second-order valence-electron chi connectivity index (χ2n) is 9.79. The molecule has 45 heavy (non-hydrogen) atoms. The lowest BCUT2D eigenvalue weighted by atomic mass is 10.2. The minimum atomic E-state index is -4.96. The van der Waals surface area contributed by atoms with Crippen molar-refractivity contribution >= 4 is 11.8 Å². The van der Waals surface area contributed by atoms with E-state index in [-0.39, 0.29) is 43.0 Å². The van der Waals surface area contributed by atoms with E-state index < -0.39 is 54.1 Å². The van der Waals surface area contributed by atoms with Gasteiger partial charge in [0.15, 0.2) is 5.69 Å². The van der Waals surface area contributed by atoms with Crippen molar-refractivity contribution in [3.05, 3.63) is 83.0 Å². The number of nitrogens with one attached hydrogen (secondary N) is 4. The first-order valence-electron chi connectivity index (χ1n) is 13.1. The normalized spacial score (nSPS) is 14.0. The Balaban J connectivity index is 1.19. The molecule has 1 aliphatic rings.